The molecule has 1 unspecified atom stereocenters. The van der Waals surface area contributed by atoms with Crippen LogP contribution in [0.4, 0.5) is 8.78 Å². The zero-order valence-corrected chi connectivity index (χ0v) is 17.6. The van der Waals surface area contributed by atoms with Gasteiger partial charge in [-0.05, 0) is 17.7 Å². The van der Waals surface area contributed by atoms with E-state index >= 15 is 0 Å². The summed E-state index contributed by atoms with van der Waals surface area (Å²) < 4.78 is 33.4. The van der Waals surface area contributed by atoms with Crippen LogP contribution in [0, 0.1) is 11.6 Å². The Bertz CT molecular complexity index is 1160. The van der Waals surface area contributed by atoms with Crippen molar-refractivity contribution in [2.24, 2.45) is 5.73 Å². The number of hydrogen-bond donors (Lipinski definition) is 1. The van der Waals surface area contributed by atoms with Gasteiger partial charge in [0, 0.05) is 48.7 Å². The maximum atomic E-state index is 13.9. The molecule has 2 N–H and O–H groups in total. The summed E-state index contributed by atoms with van der Waals surface area (Å²) >= 11 is 5.53. The van der Waals surface area contributed by atoms with Crippen LogP contribution in [-0.2, 0) is 11.3 Å². The van der Waals surface area contributed by atoms with Crippen LogP contribution in [0.25, 0.3) is 0 Å². The summed E-state index contributed by atoms with van der Waals surface area (Å²) in [6, 6.07) is 16.2. The summed E-state index contributed by atoms with van der Waals surface area (Å²) in [7, 11) is 0. The number of halogens is 3. The molecule has 8 heteroatoms. The van der Waals surface area contributed by atoms with Crippen LogP contribution in [0.5, 0.6) is 11.5 Å². The summed E-state index contributed by atoms with van der Waals surface area (Å²) in [4.78, 5) is 25.9. The smallest absolute Gasteiger partial charge is 0.248 e. The molecule has 32 heavy (non-hydrogen) atoms. The van der Waals surface area contributed by atoms with Gasteiger partial charge in [0.25, 0.3) is 0 Å². The third-order valence-corrected chi connectivity index (χ3v) is 5.74. The molecule has 0 radical (unpaired) electrons. The van der Waals surface area contributed by atoms with Crippen molar-refractivity contribution in [3.05, 3.63) is 94.0 Å². The molecule has 1 fully saturated rings. The lowest BCUT2D eigenvalue weighted by molar-refractivity contribution is -0.128. The second-order valence-electron chi connectivity index (χ2n) is 7.58. The van der Waals surface area contributed by atoms with Crippen molar-refractivity contribution in [3.8, 4) is 11.5 Å². The molecule has 5 nitrogen and oxygen atoms in total. The molecule has 0 bridgehead atoms. The van der Waals surface area contributed by atoms with E-state index in [4.69, 9.17) is 22.1 Å². The average molecular weight is 457 g/mol. The molecular formula is C24H19ClF2N2O3. The standard InChI is InChI=1S/C24H19ClF2N2O3/c25-23-19(26)10-18(11-20(23)27)32-21-8-15(24(28)31)6-7-16(21)12-29-13-17(9-22(29)30)14-4-2-1-3-5-14/h1-8,10-11,17H,9,12-13H2,(H2,28,31). The van der Waals surface area contributed by atoms with Crippen LogP contribution in [0.2, 0.25) is 5.02 Å². The van der Waals surface area contributed by atoms with Crippen LogP contribution in [0.1, 0.15) is 33.8 Å². The fourth-order valence-electron chi connectivity index (χ4n) is 3.73. The number of rotatable bonds is 6. The molecule has 1 aliphatic heterocycles. The Morgan fingerprint density at radius 1 is 1.09 bits per heavy atom. The zero-order chi connectivity index (χ0) is 22.8. The Hall–Kier alpha value is -3.45. The molecule has 1 aliphatic rings. The molecule has 1 heterocycles. The van der Waals surface area contributed by atoms with Gasteiger partial charge in [-0.15, -0.1) is 0 Å². The van der Waals surface area contributed by atoms with Crippen molar-refractivity contribution in [3.63, 3.8) is 0 Å². The van der Waals surface area contributed by atoms with E-state index in [0.717, 1.165) is 17.7 Å². The maximum absolute atomic E-state index is 13.9. The largest absolute Gasteiger partial charge is 0.457 e. The minimum Gasteiger partial charge on any atom is -0.457 e. The molecule has 4 rings (SSSR count). The quantitative estimate of drug-likeness (QED) is 0.529. The number of nitrogens with zero attached hydrogens (tertiary/aromatic N) is 1. The van der Waals surface area contributed by atoms with Crippen molar-refractivity contribution in [1.29, 1.82) is 0 Å². The molecule has 164 valence electrons. The number of carbonyl (C=O) groups is 2. The number of primary amides is 1. The maximum Gasteiger partial charge on any atom is 0.248 e. The highest BCUT2D eigenvalue weighted by molar-refractivity contribution is 6.30. The topological polar surface area (TPSA) is 72.6 Å². The van der Waals surface area contributed by atoms with Crippen LogP contribution in [0.15, 0.2) is 60.7 Å². The molecule has 0 spiro atoms. The molecule has 2 amide bonds. The second kappa shape index (κ2) is 8.96. The number of nitrogens with two attached hydrogens (primary N) is 1. The lowest BCUT2D eigenvalue weighted by Gasteiger charge is -2.20. The first kappa shape index (κ1) is 21.8. The highest BCUT2D eigenvalue weighted by Crippen LogP contribution is 2.34. The van der Waals surface area contributed by atoms with E-state index in [1.54, 1.807) is 11.0 Å². The van der Waals surface area contributed by atoms with E-state index in [-0.39, 0.29) is 35.4 Å². The molecule has 0 saturated carbocycles. The minimum atomic E-state index is -0.977. The van der Waals surface area contributed by atoms with E-state index < -0.39 is 22.6 Å². The van der Waals surface area contributed by atoms with Crippen LogP contribution < -0.4 is 10.5 Å². The molecular weight excluding hydrogens is 438 g/mol. The Morgan fingerprint density at radius 3 is 2.44 bits per heavy atom. The summed E-state index contributed by atoms with van der Waals surface area (Å²) in [6.45, 7) is 0.721. The Balaban J connectivity index is 1.61. The fraction of sp³-hybridized carbons (Fsp3) is 0.167. The predicted molar refractivity (Wildman–Crippen MR) is 116 cm³/mol. The van der Waals surface area contributed by atoms with Gasteiger partial charge >= 0.3 is 0 Å². The lowest BCUT2D eigenvalue weighted by Crippen LogP contribution is -2.24. The van der Waals surface area contributed by atoms with Gasteiger partial charge in [-0.3, -0.25) is 9.59 Å². The molecule has 3 aromatic rings. The number of ether oxygens (including phenoxy) is 1. The average Bonchev–Trinajstić information content (AvgIpc) is 3.14. The summed E-state index contributed by atoms with van der Waals surface area (Å²) in [5.74, 6) is -2.56. The van der Waals surface area contributed by atoms with Crippen LogP contribution >= 0.6 is 11.6 Å². The third kappa shape index (κ3) is 4.57. The highest BCUT2D eigenvalue weighted by Gasteiger charge is 2.31. The first-order valence-corrected chi connectivity index (χ1v) is 10.3. The Labute approximate surface area is 188 Å². The Kier molecular flexibility index (Phi) is 6.10. The van der Waals surface area contributed by atoms with Crippen molar-refractivity contribution in [1.82, 2.24) is 4.90 Å². The number of likely N-dealkylation sites (tertiary alicyclic amines) is 1. The zero-order valence-electron chi connectivity index (χ0n) is 16.9. The highest BCUT2D eigenvalue weighted by atomic mass is 35.5. The number of hydrogen-bond acceptors (Lipinski definition) is 3. The number of amides is 2. The summed E-state index contributed by atoms with van der Waals surface area (Å²) in [6.07, 6.45) is 0.382. The minimum absolute atomic E-state index is 0.0210. The third-order valence-electron chi connectivity index (χ3n) is 5.38. The van der Waals surface area contributed by atoms with Crippen molar-refractivity contribution >= 4 is 23.4 Å². The van der Waals surface area contributed by atoms with Gasteiger partial charge in [0.2, 0.25) is 11.8 Å². The molecule has 3 aromatic carbocycles. The van der Waals surface area contributed by atoms with E-state index in [1.165, 1.54) is 12.1 Å². The predicted octanol–water partition coefficient (Wildman–Crippen LogP) is 5.03. The van der Waals surface area contributed by atoms with Gasteiger partial charge in [-0.25, -0.2) is 8.78 Å². The summed E-state index contributed by atoms with van der Waals surface area (Å²) in [5, 5.41) is -0.641. The second-order valence-corrected chi connectivity index (χ2v) is 7.95. The van der Waals surface area contributed by atoms with E-state index in [0.29, 0.717) is 18.5 Å². The van der Waals surface area contributed by atoms with Gasteiger partial charge in [-0.1, -0.05) is 48.0 Å². The van der Waals surface area contributed by atoms with Crippen molar-refractivity contribution < 1.29 is 23.1 Å². The van der Waals surface area contributed by atoms with Crippen molar-refractivity contribution in [2.45, 2.75) is 18.9 Å². The van der Waals surface area contributed by atoms with Gasteiger partial charge < -0.3 is 15.4 Å². The molecule has 1 saturated heterocycles. The van der Waals surface area contributed by atoms with E-state index in [9.17, 15) is 18.4 Å². The molecule has 1 atom stereocenters. The SMILES string of the molecule is NC(=O)c1ccc(CN2CC(c3ccccc3)CC2=O)c(Oc2cc(F)c(Cl)c(F)c2)c1. The first-order chi connectivity index (χ1) is 15.3. The molecule has 0 aromatic heterocycles. The molecule has 0 aliphatic carbocycles. The monoisotopic (exact) mass is 456 g/mol. The van der Waals surface area contributed by atoms with Gasteiger partial charge in [0.15, 0.2) is 0 Å². The summed E-state index contributed by atoms with van der Waals surface area (Å²) in [5.41, 5.74) is 7.17. The van der Waals surface area contributed by atoms with Gasteiger partial charge in [0.05, 0.1) is 0 Å². The van der Waals surface area contributed by atoms with E-state index in [1.807, 2.05) is 30.3 Å². The van der Waals surface area contributed by atoms with Crippen molar-refractivity contribution in [2.75, 3.05) is 6.54 Å². The normalized spacial score (nSPS) is 15.8. The fourth-order valence-corrected chi connectivity index (χ4v) is 3.84. The van der Waals surface area contributed by atoms with Crippen LogP contribution in [0.3, 0.4) is 0 Å². The van der Waals surface area contributed by atoms with Gasteiger partial charge in [-0.2, -0.15) is 0 Å². The number of carbonyl (C=O) groups excluding carboxylic acids is 2. The van der Waals surface area contributed by atoms with Crippen LogP contribution in [-0.4, -0.2) is 23.3 Å². The lowest BCUT2D eigenvalue weighted by atomic mass is 9.98. The first-order valence-electron chi connectivity index (χ1n) is 9.89. The Morgan fingerprint density at radius 2 is 1.78 bits per heavy atom. The van der Waals surface area contributed by atoms with E-state index in [2.05, 4.69) is 0 Å². The van der Waals surface area contributed by atoms with Gasteiger partial charge in [0.1, 0.15) is 28.2 Å². The number of benzene rings is 3.